The largest absolute Gasteiger partial charge is 0.469 e. The number of aryl methyl sites for hydroxylation is 1. The number of sulfonamides is 1. The van der Waals surface area contributed by atoms with E-state index in [1.165, 1.54) is 11.4 Å². The van der Waals surface area contributed by atoms with Crippen LogP contribution in [0.2, 0.25) is 0 Å². The van der Waals surface area contributed by atoms with Crippen LogP contribution in [0.5, 0.6) is 0 Å². The molecule has 1 aromatic carbocycles. The van der Waals surface area contributed by atoms with E-state index in [1.807, 2.05) is 13.0 Å². The normalized spacial score (nSPS) is 26.5. The maximum atomic E-state index is 13.5. The van der Waals surface area contributed by atoms with Gasteiger partial charge in [-0.1, -0.05) is 35.9 Å². The van der Waals surface area contributed by atoms with Crippen LogP contribution >= 0.6 is 0 Å². The van der Waals surface area contributed by atoms with E-state index in [4.69, 9.17) is 4.74 Å². The molecule has 0 spiro atoms. The molecule has 0 radical (unpaired) electrons. The van der Waals surface area contributed by atoms with Crippen molar-refractivity contribution in [3.63, 3.8) is 0 Å². The Morgan fingerprint density at radius 2 is 1.93 bits per heavy atom. The summed E-state index contributed by atoms with van der Waals surface area (Å²) in [6.45, 7) is 6.01. The van der Waals surface area contributed by atoms with E-state index in [0.29, 0.717) is 13.0 Å². The maximum Gasteiger partial charge on any atom is 0.310 e. The Labute approximate surface area is 161 Å². The van der Waals surface area contributed by atoms with Crippen LogP contribution in [0.25, 0.3) is 0 Å². The minimum atomic E-state index is -3.72. The predicted molar refractivity (Wildman–Crippen MR) is 105 cm³/mol. The summed E-state index contributed by atoms with van der Waals surface area (Å²) in [5.74, 6) is -0.691. The summed E-state index contributed by atoms with van der Waals surface area (Å²) < 4.78 is 33.5. The molecule has 6 heteroatoms. The molecule has 4 atom stereocenters. The molecule has 4 unspecified atom stereocenters. The number of methoxy groups -OCH3 is 1. The summed E-state index contributed by atoms with van der Waals surface area (Å²) >= 11 is 0. The highest BCUT2D eigenvalue weighted by atomic mass is 32.2. The lowest BCUT2D eigenvalue weighted by Crippen LogP contribution is -2.49. The Bertz CT molecular complexity index is 828. The molecule has 5 nitrogen and oxygen atoms in total. The van der Waals surface area contributed by atoms with E-state index in [2.05, 4.69) is 12.7 Å². The molecule has 0 aromatic heterocycles. The van der Waals surface area contributed by atoms with E-state index in [0.717, 1.165) is 18.4 Å². The Morgan fingerprint density at radius 1 is 1.26 bits per heavy atom. The van der Waals surface area contributed by atoms with Crippen LogP contribution in [0.4, 0.5) is 0 Å². The summed E-state index contributed by atoms with van der Waals surface area (Å²) in [6.07, 6.45) is 8.06. The number of hydrogen-bond donors (Lipinski definition) is 0. The molecule has 3 rings (SSSR count). The summed E-state index contributed by atoms with van der Waals surface area (Å²) in [6, 6.07) is 6.48. The number of rotatable bonds is 8. The number of carbonyl (C=O) groups excluding carboxylic acids is 1. The van der Waals surface area contributed by atoms with E-state index in [9.17, 15) is 13.2 Å². The topological polar surface area (TPSA) is 63.7 Å². The Balaban J connectivity index is 2.00. The van der Waals surface area contributed by atoms with Crippen molar-refractivity contribution in [3.05, 3.63) is 54.6 Å². The smallest absolute Gasteiger partial charge is 0.310 e. The molecule has 0 amide bonds. The zero-order valence-corrected chi connectivity index (χ0v) is 16.7. The van der Waals surface area contributed by atoms with Crippen molar-refractivity contribution in [2.75, 3.05) is 13.7 Å². The van der Waals surface area contributed by atoms with Gasteiger partial charge >= 0.3 is 5.97 Å². The molecule has 0 heterocycles. The van der Waals surface area contributed by atoms with Crippen molar-refractivity contribution >= 4 is 16.0 Å². The van der Waals surface area contributed by atoms with Gasteiger partial charge in [0.2, 0.25) is 10.0 Å². The molecule has 2 bridgehead atoms. The van der Waals surface area contributed by atoms with Gasteiger partial charge in [0, 0.05) is 12.6 Å². The molecule has 1 saturated carbocycles. The highest BCUT2D eigenvalue weighted by Gasteiger charge is 2.53. The lowest BCUT2D eigenvalue weighted by Gasteiger charge is -2.36. The van der Waals surface area contributed by atoms with Gasteiger partial charge in [0.25, 0.3) is 0 Å². The SMILES string of the molecule is C=CCCCN(C1C2C=CC(C2)C1C(=O)OC)S(=O)(=O)c1ccc(C)cc1. The first-order chi connectivity index (χ1) is 12.9. The van der Waals surface area contributed by atoms with Gasteiger partial charge in [0.15, 0.2) is 0 Å². The number of allylic oxidation sites excluding steroid dienone is 2. The molecular formula is C21H27NO4S. The standard InChI is InChI=1S/C21H27NO4S/c1-4-5-6-13-22(27(24,25)18-11-7-15(2)8-12-18)20-17-10-9-16(14-17)19(20)21(23)26-3/h4,7-12,16-17,19-20H,1,5-6,13-14H2,2-3H3. The van der Waals surface area contributed by atoms with Gasteiger partial charge in [0.1, 0.15) is 0 Å². The number of esters is 1. The molecule has 1 aromatic rings. The Morgan fingerprint density at radius 3 is 2.56 bits per heavy atom. The Hall–Kier alpha value is -1.92. The quantitative estimate of drug-likeness (QED) is 0.389. The second kappa shape index (κ2) is 7.98. The third kappa shape index (κ3) is 3.73. The third-order valence-electron chi connectivity index (χ3n) is 5.64. The zero-order chi connectivity index (χ0) is 19.6. The monoisotopic (exact) mass is 389 g/mol. The average molecular weight is 390 g/mol. The summed E-state index contributed by atoms with van der Waals surface area (Å²) in [5, 5.41) is 0. The fraction of sp³-hybridized carbons (Fsp3) is 0.476. The van der Waals surface area contributed by atoms with Crippen molar-refractivity contribution in [1.29, 1.82) is 0 Å². The predicted octanol–water partition coefficient (Wildman–Crippen LogP) is 3.32. The van der Waals surface area contributed by atoms with Crippen LogP contribution in [0.1, 0.15) is 24.8 Å². The number of ether oxygens (including phenoxy) is 1. The molecule has 0 N–H and O–H groups in total. The van der Waals surface area contributed by atoms with Crippen LogP contribution in [0, 0.1) is 24.7 Å². The van der Waals surface area contributed by atoms with Crippen LogP contribution < -0.4 is 0 Å². The van der Waals surface area contributed by atoms with Gasteiger partial charge in [0.05, 0.1) is 17.9 Å². The summed E-state index contributed by atoms with van der Waals surface area (Å²) in [4.78, 5) is 12.7. The lowest BCUT2D eigenvalue weighted by atomic mass is 9.88. The van der Waals surface area contributed by atoms with Crippen molar-refractivity contribution in [3.8, 4) is 0 Å². The van der Waals surface area contributed by atoms with E-state index in [1.54, 1.807) is 30.3 Å². The second-order valence-corrected chi connectivity index (χ2v) is 9.24. The van der Waals surface area contributed by atoms with Gasteiger partial charge in [-0.15, -0.1) is 6.58 Å². The Kier molecular flexibility index (Phi) is 5.86. The van der Waals surface area contributed by atoms with Crippen LogP contribution in [-0.4, -0.2) is 38.4 Å². The van der Waals surface area contributed by atoms with Crippen molar-refractivity contribution in [1.82, 2.24) is 4.31 Å². The molecule has 0 aliphatic heterocycles. The molecule has 2 aliphatic carbocycles. The van der Waals surface area contributed by atoms with Gasteiger partial charge in [-0.05, 0) is 50.2 Å². The van der Waals surface area contributed by atoms with Gasteiger partial charge < -0.3 is 4.74 Å². The van der Waals surface area contributed by atoms with E-state index >= 15 is 0 Å². The minimum absolute atomic E-state index is 0.0440. The van der Waals surface area contributed by atoms with Gasteiger partial charge in [-0.25, -0.2) is 8.42 Å². The summed E-state index contributed by atoms with van der Waals surface area (Å²) in [7, 11) is -2.35. The highest BCUT2D eigenvalue weighted by Crippen LogP contribution is 2.48. The number of nitrogens with zero attached hydrogens (tertiary/aromatic N) is 1. The van der Waals surface area contributed by atoms with Crippen molar-refractivity contribution in [2.24, 2.45) is 17.8 Å². The zero-order valence-electron chi connectivity index (χ0n) is 15.9. The first-order valence-corrected chi connectivity index (χ1v) is 10.8. The molecule has 146 valence electrons. The number of hydrogen-bond acceptors (Lipinski definition) is 4. The van der Waals surface area contributed by atoms with Crippen molar-refractivity contribution in [2.45, 2.75) is 37.1 Å². The highest BCUT2D eigenvalue weighted by molar-refractivity contribution is 7.89. The first-order valence-electron chi connectivity index (χ1n) is 9.35. The maximum absolute atomic E-state index is 13.5. The van der Waals surface area contributed by atoms with Crippen molar-refractivity contribution < 1.29 is 17.9 Å². The molecule has 1 fully saturated rings. The molecule has 2 aliphatic rings. The molecular weight excluding hydrogens is 362 g/mol. The number of benzene rings is 1. The van der Waals surface area contributed by atoms with Crippen LogP contribution in [-0.2, 0) is 19.6 Å². The second-order valence-electron chi connectivity index (χ2n) is 7.35. The third-order valence-corrected chi connectivity index (χ3v) is 7.55. The minimum Gasteiger partial charge on any atom is -0.469 e. The van der Waals surface area contributed by atoms with Crippen LogP contribution in [0.15, 0.2) is 54.0 Å². The molecule has 0 saturated heterocycles. The fourth-order valence-corrected chi connectivity index (χ4v) is 6.03. The van der Waals surface area contributed by atoms with Gasteiger partial charge in [-0.3, -0.25) is 4.79 Å². The average Bonchev–Trinajstić information content (AvgIpc) is 3.26. The molecule has 27 heavy (non-hydrogen) atoms. The number of fused-ring (bicyclic) bond motifs is 2. The van der Waals surface area contributed by atoms with Gasteiger partial charge in [-0.2, -0.15) is 4.31 Å². The van der Waals surface area contributed by atoms with E-state index < -0.39 is 22.0 Å². The van der Waals surface area contributed by atoms with E-state index in [-0.39, 0.29) is 22.7 Å². The number of unbranched alkanes of at least 4 members (excludes halogenated alkanes) is 1. The fourth-order valence-electron chi connectivity index (χ4n) is 4.31. The lowest BCUT2D eigenvalue weighted by molar-refractivity contribution is -0.147. The number of carbonyl (C=O) groups is 1. The van der Waals surface area contributed by atoms with Crippen LogP contribution in [0.3, 0.4) is 0 Å². The summed E-state index contributed by atoms with van der Waals surface area (Å²) in [5.41, 5.74) is 1.00. The first kappa shape index (κ1) is 19.8.